The number of benzene rings is 2. The molecule has 3 rings (SSSR count). The molecule has 0 bridgehead atoms. The lowest BCUT2D eigenvalue weighted by molar-refractivity contribution is -0.137. The van der Waals surface area contributed by atoms with E-state index in [1.54, 1.807) is 18.2 Å². The van der Waals surface area contributed by atoms with Crippen LogP contribution in [0.5, 0.6) is 0 Å². The Morgan fingerprint density at radius 3 is 2.35 bits per heavy atom. The van der Waals surface area contributed by atoms with Crippen LogP contribution in [0.25, 0.3) is 0 Å². The molecule has 0 aliphatic heterocycles. The zero-order valence-corrected chi connectivity index (χ0v) is 19.3. The second-order valence-corrected chi connectivity index (χ2v) is 8.35. The molecule has 31 heavy (non-hydrogen) atoms. The highest BCUT2D eigenvalue weighted by molar-refractivity contribution is 14.1. The lowest BCUT2D eigenvalue weighted by Gasteiger charge is -2.15. The van der Waals surface area contributed by atoms with E-state index in [-0.39, 0.29) is 11.8 Å². The summed E-state index contributed by atoms with van der Waals surface area (Å²) >= 11 is 2.06. The molecule has 164 valence electrons. The number of unbranched alkanes of at least 4 members (excludes halogenated alkanes) is 3. The molecular weight excluding hydrogens is 516 g/mol. The van der Waals surface area contributed by atoms with Crippen molar-refractivity contribution in [3.63, 3.8) is 0 Å². The second kappa shape index (κ2) is 10.8. The molecule has 0 fully saturated rings. The van der Waals surface area contributed by atoms with Crippen LogP contribution in [-0.4, -0.2) is 9.97 Å². The molecule has 0 saturated carbocycles. The lowest BCUT2D eigenvalue weighted by Crippen LogP contribution is -2.13. The van der Waals surface area contributed by atoms with Gasteiger partial charge in [-0.15, -0.1) is 0 Å². The van der Waals surface area contributed by atoms with E-state index in [1.165, 1.54) is 24.8 Å². The van der Waals surface area contributed by atoms with E-state index >= 15 is 0 Å². The van der Waals surface area contributed by atoms with Gasteiger partial charge in [0, 0.05) is 15.5 Å². The highest BCUT2D eigenvalue weighted by Gasteiger charge is 2.35. The zero-order valence-electron chi connectivity index (χ0n) is 17.1. The van der Waals surface area contributed by atoms with Gasteiger partial charge in [0.25, 0.3) is 0 Å². The highest BCUT2D eigenvalue weighted by Crippen LogP contribution is 2.36. The molecule has 1 aromatic heterocycles. The molecule has 2 N–H and O–H groups in total. The van der Waals surface area contributed by atoms with E-state index in [4.69, 9.17) is 0 Å². The first-order chi connectivity index (χ1) is 14.9. The molecule has 0 amide bonds. The predicted octanol–water partition coefficient (Wildman–Crippen LogP) is 7.71. The quantitative estimate of drug-likeness (QED) is 0.216. The van der Waals surface area contributed by atoms with Crippen molar-refractivity contribution in [3.05, 3.63) is 69.4 Å². The number of anilines is 4. The van der Waals surface area contributed by atoms with Gasteiger partial charge in [-0.1, -0.05) is 50.5 Å². The standard InChI is InChI=1S/C23H24F3IN4/c1-2-3-4-5-8-16-11-13-17(14-12-16)29-22-28-15-18(23(24,25)26)21(31-22)30-20-10-7-6-9-19(20)27/h6-7,9-15H,2-5,8H2,1H3,(H2,28,29,30,31). The van der Waals surface area contributed by atoms with Gasteiger partial charge in [-0.25, -0.2) is 4.98 Å². The molecule has 3 aromatic rings. The fraction of sp³-hybridized carbons (Fsp3) is 0.304. The van der Waals surface area contributed by atoms with Crippen LogP contribution in [0.1, 0.15) is 43.7 Å². The van der Waals surface area contributed by atoms with Gasteiger partial charge in [0.2, 0.25) is 5.95 Å². The third-order valence-corrected chi connectivity index (χ3v) is 5.69. The van der Waals surface area contributed by atoms with Gasteiger partial charge in [-0.05, 0) is 65.3 Å². The summed E-state index contributed by atoms with van der Waals surface area (Å²) in [7, 11) is 0. The molecule has 0 spiro atoms. The van der Waals surface area contributed by atoms with Gasteiger partial charge in [-0.2, -0.15) is 18.2 Å². The third kappa shape index (κ3) is 6.81. The van der Waals surface area contributed by atoms with Crippen LogP contribution in [0.15, 0.2) is 54.7 Å². The van der Waals surface area contributed by atoms with E-state index in [1.807, 2.05) is 30.3 Å². The minimum absolute atomic E-state index is 0.0946. The first-order valence-corrected chi connectivity index (χ1v) is 11.3. The van der Waals surface area contributed by atoms with Crippen LogP contribution in [0.3, 0.4) is 0 Å². The molecule has 0 aliphatic rings. The Morgan fingerprint density at radius 2 is 1.68 bits per heavy atom. The smallest absolute Gasteiger partial charge is 0.339 e. The Balaban J connectivity index is 1.77. The van der Waals surface area contributed by atoms with Crippen LogP contribution in [0, 0.1) is 3.57 Å². The minimum atomic E-state index is -4.57. The Labute approximate surface area is 193 Å². The Morgan fingerprint density at radius 1 is 0.935 bits per heavy atom. The van der Waals surface area contributed by atoms with Gasteiger partial charge in [-0.3, -0.25) is 0 Å². The Kier molecular flexibility index (Phi) is 8.11. The second-order valence-electron chi connectivity index (χ2n) is 7.19. The van der Waals surface area contributed by atoms with Gasteiger partial charge >= 0.3 is 6.18 Å². The SMILES string of the molecule is CCCCCCc1ccc(Nc2ncc(C(F)(F)F)c(Nc3ccccc3I)n2)cc1. The van der Waals surface area contributed by atoms with Crippen molar-refractivity contribution < 1.29 is 13.2 Å². The van der Waals surface area contributed by atoms with E-state index in [0.29, 0.717) is 5.69 Å². The monoisotopic (exact) mass is 540 g/mol. The number of hydrogen-bond donors (Lipinski definition) is 2. The molecule has 0 atom stereocenters. The summed E-state index contributed by atoms with van der Waals surface area (Å²) in [5.41, 5.74) is 1.58. The lowest BCUT2D eigenvalue weighted by atomic mass is 10.1. The average Bonchev–Trinajstić information content (AvgIpc) is 2.73. The number of nitrogens with zero attached hydrogens (tertiary/aromatic N) is 2. The molecule has 2 aromatic carbocycles. The molecule has 4 nitrogen and oxygen atoms in total. The van der Waals surface area contributed by atoms with Gasteiger partial charge in [0.05, 0.1) is 5.69 Å². The first kappa shape index (κ1) is 23.3. The van der Waals surface area contributed by atoms with Crippen molar-refractivity contribution in [2.24, 2.45) is 0 Å². The molecule has 0 radical (unpaired) electrons. The zero-order chi connectivity index (χ0) is 22.3. The molecule has 0 unspecified atom stereocenters. The van der Waals surface area contributed by atoms with E-state index < -0.39 is 11.7 Å². The average molecular weight is 540 g/mol. The fourth-order valence-corrected chi connectivity index (χ4v) is 3.60. The fourth-order valence-electron chi connectivity index (χ4n) is 3.07. The normalized spacial score (nSPS) is 11.4. The summed E-state index contributed by atoms with van der Waals surface area (Å²) in [5, 5.41) is 5.79. The maximum absolute atomic E-state index is 13.5. The van der Waals surface area contributed by atoms with Crippen molar-refractivity contribution in [1.82, 2.24) is 9.97 Å². The Hall–Kier alpha value is -2.36. The van der Waals surface area contributed by atoms with Crippen molar-refractivity contribution >= 4 is 45.7 Å². The number of aromatic nitrogens is 2. The number of para-hydroxylation sites is 1. The number of halogens is 4. The summed E-state index contributed by atoms with van der Waals surface area (Å²) in [6, 6.07) is 14.9. The van der Waals surface area contributed by atoms with E-state index in [2.05, 4.69) is 50.1 Å². The maximum Gasteiger partial charge on any atom is 0.421 e. The van der Waals surface area contributed by atoms with Gasteiger partial charge in [0.15, 0.2) is 0 Å². The summed E-state index contributed by atoms with van der Waals surface area (Å²) < 4.78 is 41.2. The first-order valence-electron chi connectivity index (χ1n) is 10.2. The topological polar surface area (TPSA) is 49.8 Å². The molecule has 8 heteroatoms. The van der Waals surface area contributed by atoms with Crippen molar-refractivity contribution in [1.29, 1.82) is 0 Å². The molecule has 1 heterocycles. The summed E-state index contributed by atoms with van der Waals surface area (Å²) in [6.45, 7) is 2.19. The minimum Gasteiger partial charge on any atom is -0.339 e. The van der Waals surface area contributed by atoms with Crippen molar-refractivity contribution in [2.75, 3.05) is 10.6 Å². The van der Waals surface area contributed by atoms with Crippen molar-refractivity contribution in [3.8, 4) is 0 Å². The predicted molar refractivity (Wildman–Crippen MR) is 127 cm³/mol. The number of nitrogens with one attached hydrogen (secondary N) is 2. The summed E-state index contributed by atoms with van der Waals surface area (Å²) in [5.74, 6) is -0.196. The third-order valence-electron chi connectivity index (χ3n) is 4.75. The van der Waals surface area contributed by atoms with Crippen LogP contribution < -0.4 is 10.6 Å². The van der Waals surface area contributed by atoms with Crippen LogP contribution in [0.2, 0.25) is 0 Å². The van der Waals surface area contributed by atoms with Crippen molar-refractivity contribution in [2.45, 2.75) is 45.2 Å². The van der Waals surface area contributed by atoms with Crippen LogP contribution >= 0.6 is 22.6 Å². The number of aryl methyl sites for hydroxylation is 1. The molecule has 0 saturated heterocycles. The van der Waals surface area contributed by atoms with Gasteiger partial charge in [0.1, 0.15) is 11.4 Å². The molecular formula is C23H24F3IN4. The van der Waals surface area contributed by atoms with Gasteiger partial charge < -0.3 is 10.6 Å². The number of hydrogen-bond acceptors (Lipinski definition) is 4. The number of rotatable bonds is 9. The van der Waals surface area contributed by atoms with Crippen LogP contribution in [0.4, 0.5) is 36.3 Å². The highest BCUT2D eigenvalue weighted by atomic mass is 127. The maximum atomic E-state index is 13.5. The molecule has 0 aliphatic carbocycles. The summed E-state index contributed by atoms with van der Waals surface area (Å²) in [6.07, 6.45) is 2.05. The largest absolute Gasteiger partial charge is 0.421 e. The number of alkyl halides is 3. The van der Waals surface area contributed by atoms with Crippen LogP contribution in [-0.2, 0) is 12.6 Å². The summed E-state index contributed by atoms with van der Waals surface area (Å²) in [4.78, 5) is 7.98. The Bertz CT molecular complexity index is 991. The van der Waals surface area contributed by atoms with E-state index in [9.17, 15) is 13.2 Å². The van der Waals surface area contributed by atoms with E-state index in [0.717, 1.165) is 28.3 Å².